The molecule has 7 heteroatoms. The van der Waals surface area contributed by atoms with Crippen LogP contribution < -0.4 is 11.1 Å². The van der Waals surface area contributed by atoms with Crippen LogP contribution in [0.5, 0.6) is 5.75 Å². The van der Waals surface area contributed by atoms with Gasteiger partial charge in [0.1, 0.15) is 11.6 Å². The molecule has 0 spiro atoms. The Hall–Kier alpha value is -2.90. The van der Waals surface area contributed by atoms with E-state index in [0.29, 0.717) is 12.2 Å². The number of amides is 1. The van der Waals surface area contributed by atoms with Crippen LogP contribution in [0.1, 0.15) is 39.0 Å². The number of nitrogen functional groups attached to an aromatic ring is 1. The zero-order valence-corrected chi connectivity index (χ0v) is 16.4. The maximum Gasteiger partial charge on any atom is 0.255 e. The zero-order valence-electron chi connectivity index (χ0n) is 15.6. The number of anilines is 1. The molecule has 1 unspecified atom stereocenters. The van der Waals surface area contributed by atoms with Crippen molar-refractivity contribution in [1.82, 2.24) is 10.3 Å². The summed E-state index contributed by atoms with van der Waals surface area (Å²) < 4.78 is 5.05. The lowest BCUT2D eigenvalue weighted by Crippen LogP contribution is -2.29. The van der Waals surface area contributed by atoms with Crippen molar-refractivity contribution in [2.24, 2.45) is 0 Å². The summed E-state index contributed by atoms with van der Waals surface area (Å²) in [5.41, 5.74) is 7.99. The molecule has 0 bridgehead atoms. The van der Waals surface area contributed by atoms with Gasteiger partial charge in [-0.3, -0.25) is 4.79 Å². The number of thiophene rings is 1. The van der Waals surface area contributed by atoms with E-state index in [0.717, 1.165) is 29.0 Å². The van der Waals surface area contributed by atoms with Crippen molar-refractivity contribution in [3.8, 4) is 5.75 Å². The Balaban J connectivity index is 1.80. The van der Waals surface area contributed by atoms with Gasteiger partial charge in [-0.25, -0.2) is 4.98 Å². The molecule has 28 heavy (non-hydrogen) atoms. The monoisotopic (exact) mass is 397 g/mol. The van der Waals surface area contributed by atoms with E-state index in [1.54, 1.807) is 31.4 Å². The summed E-state index contributed by atoms with van der Waals surface area (Å²) in [6.45, 7) is 0.649. The number of rotatable bonds is 8. The van der Waals surface area contributed by atoms with E-state index in [4.69, 9.17) is 10.5 Å². The quantitative estimate of drug-likeness (QED) is 0.505. The predicted octanol–water partition coefficient (Wildman–Crippen LogP) is 3.53. The van der Waals surface area contributed by atoms with Crippen molar-refractivity contribution in [2.45, 2.75) is 18.9 Å². The first-order valence-corrected chi connectivity index (χ1v) is 9.84. The SMILES string of the molecule is COCCCc1ccc(C(=O)NC(c2cccc(O)c2)c2cccs2)c(N)n1. The second-order valence-electron chi connectivity index (χ2n) is 6.35. The number of carbonyl (C=O) groups excluding carboxylic acids is 1. The number of benzene rings is 1. The number of pyridine rings is 1. The molecule has 3 aromatic rings. The molecule has 2 heterocycles. The maximum atomic E-state index is 12.9. The molecule has 1 atom stereocenters. The van der Waals surface area contributed by atoms with Crippen molar-refractivity contribution in [3.05, 3.63) is 75.6 Å². The highest BCUT2D eigenvalue weighted by Gasteiger charge is 2.21. The number of phenols is 1. The van der Waals surface area contributed by atoms with Gasteiger partial charge in [0.25, 0.3) is 5.91 Å². The van der Waals surface area contributed by atoms with Gasteiger partial charge >= 0.3 is 0 Å². The number of carbonyl (C=O) groups is 1. The van der Waals surface area contributed by atoms with Crippen molar-refractivity contribution in [1.29, 1.82) is 0 Å². The summed E-state index contributed by atoms with van der Waals surface area (Å²) in [4.78, 5) is 18.2. The van der Waals surface area contributed by atoms with Gasteiger partial charge in [-0.15, -0.1) is 11.3 Å². The molecule has 0 aliphatic rings. The van der Waals surface area contributed by atoms with Crippen molar-refractivity contribution < 1.29 is 14.6 Å². The van der Waals surface area contributed by atoms with E-state index >= 15 is 0 Å². The van der Waals surface area contributed by atoms with Gasteiger partial charge in [0, 0.05) is 24.3 Å². The van der Waals surface area contributed by atoms with Gasteiger partial charge in [0.2, 0.25) is 0 Å². The second kappa shape index (κ2) is 9.34. The van der Waals surface area contributed by atoms with Crippen molar-refractivity contribution >= 4 is 23.1 Å². The van der Waals surface area contributed by atoms with Crippen molar-refractivity contribution in [2.75, 3.05) is 19.5 Å². The number of ether oxygens (including phenoxy) is 1. The molecule has 1 aromatic carbocycles. The second-order valence-corrected chi connectivity index (χ2v) is 7.33. The fourth-order valence-corrected chi connectivity index (χ4v) is 3.74. The predicted molar refractivity (Wildman–Crippen MR) is 111 cm³/mol. The molecule has 0 aliphatic heterocycles. The van der Waals surface area contributed by atoms with Crippen molar-refractivity contribution in [3.63, 3.8) is 0 Å². The molecule has 2 aromatic heterocycles. The number of methoxy groups -OCH3 is 1. The number of aromatic hydroxyl groups is 1. The molecule has 1 amide bonds. The van der Waals surface area contributed by atoms with Crippen LogP contribution in [0.2, 0.25) is 0 Å². The zero-order chi connectivity index (χ0) is 19.9. The minimum atomic E-state index is -0.389. The number of phenolic OH excluding ortho intramolecular Hbond substituents is 1. The molecule has 0 saturated carbocycles. The van der Waals surface area contributed by atoms with Crippen LogP contribution in [0.25, 0.3) is 0 Å². The molecule has 3 rings (SSSR count). The number of nitrogens with zero attached hydrogens (tertiary/aromatic N) is 1. The summed E-state index contributed by atoms with van der Waals surface area (Å²) in [6, 6.07) is 13.9. The van der Waals surface area contributed by atoms with Gasteiger partial charge in [0.15, 0.2) is 0 Å². The summed E-state index contributed by atoms with van der Waals surface area (Å²) in [5, 5.41) is 14.8. The molecule has 6 nitrogen and oxygen atoms in total. The molecular weight excluding hydrogens is 374 g/mol. The van der Waals surface area contributed by atoms with E-state index in [1.165, 1.54) is 11.3 Å². The Morgan fingerprint density at radius 2 is 2.14 bits per heavy atom. The number of aromatic nitrogens is 1. The minimum absolute atomic E-state index is 0.148. The number of aryl methyl sites for hydroxylation is 1. The number of hydrogen-bond donors (Lipinski definition) is 3. The van der Waals surface area contributed by atoms with Crippen LogP contribution in [0, 0.1) is 0 Å². The third-order valence-electron chi connectivity index (χ3n) is 4.32. The first-order valence-electron chi connectivity index (χ1n) is 8.96. The Labute approximate surface area is 168 Å². The number of hydrogen-bond acceptors (Lipinski definition) is 6. The Kier molecular flexibility index (Phi) is 6.62. The first-order chi connectivity index (χ1) is 13.6. The van der Waals surface area contributed by atoms with Crippen LogP contribution in [-0.4, -0.2) is 29.7 Å². The van der Waals surface area contributed by atoms with Gasteiger partial charge in [-0.2, -0.15) is 0 Å². The van der Waals surface area contributed by atoms with E-state index in [-0.39, 0.29) is 23.5 Å². The van der Waals surface area contributed by atoms with Crippen LogP contribution in [0.3, 0.4) is 0 Å². The highest BCUT2D eigenvalue weighted by Crippen LogP contribution is 2.28. The average molecular weight is 398 g/mol. The smallest absolute Gasteiger partial charge is 0.255 e. The molecular formula is C21H23N3O3S. The average Bonchev–Trinajstić information content (AvgIpc) is 3.20. The number of nitrogens with one attached hydrogen (secondary N) is 1. The minimum Gasteiger partial charge on any atom is -0.508 e. The van der Waals surface area contributed by atoms with Gasteiger partial charge in [0.05, 0.1) is 11.6 Å². The Morgan fingerprint density at radius 1 is 1.29 bits per heavy atom. The van der Waals surface area contributed by atoms with Gasteiger partial charge in [-0.1, -0.05) is 18.2 Å². The molecule has 0 saturated heterocycles. The standard InChI is InChI=1S/C21H23N3O3S/c1-27-11-3-6-15-9-10-17(20(22)23-15)21(26)24-19(18-8-4-12-28-18)14-5-2-7-16(25)13-14/h2,4-5,7-10,12-13,19,25H,3,6,11H2,1H3,(H2,22,23)(H,24,26). The fourth-order valence-electron chi connectivity index (χ4n) is 2.93. The highest BCUT2D eigenvalue weighted by atomic mass is 32.1. The summed E-state index contributed by atoms with van der Waals surface area (Å²) in [5.74, 6) is 0.0401. The van der Waals surface area contributed by atoms with E-state index in [2.05, 4.69) is 10.3 Å². The molecule has 0 aliphatic carbocycles. The lowest BCUT2D eigenvalue weighted by Gasteiger charge is -2.19. The normalized spacial score (nSPS) is 11.9. The summed E-state index contributed by atoms with van der Waals surface area (Å²) in [7, 11) is 1.66. The van der Waals surface area contributed by atoms with Gasteiger partial charge in [-0.05, 0) is 54.1 Å². The third-order valence-corrected chi connectivity index (χ3v) is 5.25. The van der Waals surface area contributed by atoms with Gasteiger partial charge < -0.3 is 20.9 Å². The highest BCUT2D eigenvalue weighted by molar-refractivity contribution is 7.10. The van der Waals surface area contributed by atoms with E-state index < -0.39 is 0 Å². The fraction of sp³-hybridized carbons (Fsp3) is 0.238. The largest absolute Gasteiger partial charge is 0.508 e. The molecule has 0 radical (unpaired) electrons. The van der Waals surface area contributed by atoms with E-state index in [1.807, 2.05) is 29.6 Å². The van der Waals surface area contributed by atoms with Crippen LogP contribution >= 0.6 is 11.3 Å². The molecule has 0 fully saturated rings. The van der Waals surface area contributed by atoms with Crippen LogP contribution in [0.4, 0.5) is 5.82 Å². The van der Waals surface area contributed by atoms with E-state index in [9.17, 15) is 9.90 Å². The first kappa shape index (κ1) is 19.9. The Morgan fingerprint density at radius 3 is 2.82 bits per heavy atom. The number of nitrogens with two attached hydrogens (primary N) is 1. The topological polar surface area (TPSA) is 97.5 Å². The van der Waals surface area contributed by atoms with Crippen LogP contribution in [-0.2, 0) is 11.2 Å². The lowest BCUT2D eigenvalue weighted by atomic mass is 10.0. The lowest BCUT2D eigenvalue weighted by molar-refractivity contribution is 0.0944. The van der Waals surface area contributed by atoms with Crippen LogP contribution in [0.15, 0.2) is 53.9 Å². The summed E-state index contributed by atoms with van der Waals surface area (Å²) in [6.07, 6.45) is 1.58. The third kappa shape index (κ3) is 4.88. The maximum absolute atomic E-state index is 12.9. The molecule has 146 valence electrons. The Bertz CT molecular complexity index is 928. The molecule has 4 N–H and O–H groups in total. The summed E-state index contributed by atoms with van der Waals surface area (Å²) >= 11 is 1.53.